The average molecular weight is 860 g/mol. The second kappa shape index (κ2) is 19.0. The number of hydrogen-bond donors (Lipinski definition) is 1. The minimum atomic E-state index is -3.41. The van der Waals surface area contributed by atoms with E-state index in [4.69, 9.17) is 18.9 Å². The molecule has 0 aliphatic carbocycles. The summed E-state index contributed by atoms with van der Waals surface area (Å²) in [5, 5.41) is 12.7. The summed E-state index contributed by atoms with van der Waals surface area (Å²) >= 11 is 0. The molecule has 4 aromatic carbocycles. The molecule has 0 saturated carbocycles. The Kier molecular flexibility index (Phi) is 13.5. The third-order valence-corrected chi connectivity index (χ3v) is 15.7. The molecule has 15 heteroatoms. The number of hydrogen-bond acceptors (Lipinski definition) is 10. The number of imidazole rings is 1. The number of benzene rings is 4. The number of aromatic nitrogens is 4. The largest absolute Gasteiger partial charge is 0.497 e. The summed E-state index contributed by atoms with van der Waals surface area (Å²) in [7, 11) is -0.207. The predicted octanol–water partition coefficient (Wildman–Crippen LogP) is 9.02. The summed E-state index contributed by atoms with van der Waals surface area (Å²) in [6, 6.07) is 34.6. The maximum absolute atomic E-state index is 18.0. The molecule has 1 amide bonds. The number of rotatable bonds is 17. The molecule has 1 saturated heterocycles. The molecule has 0 radical (unpaired) electrons. The topological polar surface area (TPSA) is 154 Å². The van der Waals surface area contributed by atoms with Crippen LogP contribution >= 0.6 is 7.29 Å². The number of nitrogens with one attached hydrogen (secondary N) is 1. The Hall–Kier alpha value is -5.97. The second-order valence-electron chi connectivity index (χ2n) is 15.6. The van der Waals surface area contributed by atoms with E-state index >= 15 is 8.96 Å². The molecule has 4 atom stereocenters. The zero-order valence-corrected chi connectivity index (χ0v) is 36.5. The molecule has 0 bridgehead atoms. The fourth-order valence-corrected chi connectivity index (χ4v) is 12.0. The molecule has 3 heterocycles. The zero-order valence-electron chi connectivity index (χ0n) is 35.6. The molecule has 0 spiro atoms. The van der Waals surface area contributed by atoms with Crippen LogP contribution in [0.5, 0.6) is 11.5 Å². The number of nitriles is 1. The highest BCUT2D eigenvalue weighted by Crippen LogP contribution is 2.61. The average Bonchev–Trinajstić information content (AvgIpc) is 3.88. The van der Waals surface area contributed by atoms with Crippen molar-refractivity contribution in [1.29, 1.82) is 5.26 Å². The second-order valence-corrected chi connectivity index (χ2v) is 19.5. The Balaban J connectivity index is 1.36. The highest BCUT2D eigenvalue weighted by Gasteiger charge is 2.55. The van der Waals surface area contributed by atoms with E-state index in [9.17, 15) is 10.1 Å². The summed E-state index contributed by atoms with van der Waals surface area (Å²) in [4.78, 5) is 26.5. The van der Waals surface area contributed by atoms with Crippen molar-refractivity contribution in [2.24, 2.45) is 0 Å². The molecule has 13 nitrogen and oxygen atoms in total. The van der Waals surface area contributed by atoms with Gasteiger partial charge in [-0.2, -0.15) is 5.26 Å². The lowest BCUT2D eigenvalue weighted by atomic mass is 9.80. The number of carbonyl (C=O) groups is 1. The summed E-state index contributed by atoms with van der Waals surface area (Å²) in [6.45, 7) is 7.31. The molecule has 0 unspecified atom stereocenters. The molecule has 1 N–H and O–H groups in total. The van der Waals surface area contributed by atoms with Gasteiger partial charge < -0.3 is 28.8 Å². The Morgan fingerprint density at radius 1 is 0.871 bits per heavy atom. The van der Waals surface area contributed by atoms with Crippen molar-refractivity contribution in [3.63, 3.8) is 0 Å². The summed E-state index contributed by atoms with van der Waals surface area (Å²) in [6.07, 6.45) is -1.53. The van der Waals surface area contributed by atoms with Crippen LogP contribution in [0.4, 0.5) is 10.2 Å². The van der Waals surface area contributed by atoms with Crippen LogP contribution in [0.1, 0.15) is 67.4 Å². The predicted molar refractivity (Wildman–Crippen MR) is 235 cm³/mol. The molecule has 2 aromatic heterocycles. The van der Waals surface area contributed by atoms with E-state index in [1.54, 1.807) is 43.2 Å². The fourth-order valence-electron chi connectivity index (χ4n) is 8.47. The summed E-state index contributed by atoms with van der Waals surface area (Å²) < 4.78 is 61.7. The molecule has 322 valence electrons. The summed E-state index contributed by atoms with van der Waals surface area (Å²) in [5.41, 5.74) is 1.12. The number of nitrogens with zero attached hydrogens (tertiary/aromatic N) is 6. The number of fused-ring (bicyclic) bond motifs is 1. The van der Waals surface area contributed by atoms with Crippen LogP contribution in [-0.4, -0.2) is 87.1 Å². The third-order valence-electron chi connectivity index (χ3n) is 11.5. The SMILES string of the molecule is COc1ccc(C(OC[C@@H]2O[C@@H](n3cnc4c(NC(=O)c5ccccc5)ncnc43)[C@H](F)[C@@H]2N(CCC#N)P(=O)(C(C)C)C(C)C)(c2ccccc2)c2ccc(OC)cc2)cc1. The number of carbonyl (C=O) groups excluding carboxylic acids is 1. The number of amides is 1. The Morgan fingerprint density at radius 2 is 1.44 bits per heavy atom. The van der Waals surface area contributed by atoms with Crippen LogP contribution in [-0.2, 0) is 19.6 Å². The Morgan fingerprint density at radius 3 is 1.98 bits per heavy atom. The molecule has 62 heavy (non-hydrogen) atoms. The van der Waals surface area contributed by atoms with Gasteiger partial charge in [0.25, 0.3) is 5.91 Å². The van der Waals surface area contributed by atoms with Crippen molar-refractivity contribution in [1.82, 2.24) is 24.2 Å². The van der Waals surface area contributed by atoms with E-state index in [0.29, 0.717) is 17.1 Å². The highest BCUT2D eigenvalue weighted by molar-refractivity contribution is 7.62. The first-order valence-corrected chi connectivity index (χ1v) is 22.3. The Bertz CT molecular complexity index is 2480. The van der Waals surface area contributed by atoms with Crippen molar-refractivity contribution in [2.75, 3.05) is 32.7 Å². The van der Waals surface area contributed by atoms with Crippen molar-refractivity contribution >= 4 is 30.2 Å². The van der Waals surface area contributed by atoms with Gasteiger partial charge in [0.1, 0.15) is 29.5 Å². The van der Waals surface area contributed by atoms with Crippen molar-refractivity contribution in [3.8, 4) is 17.6 Å². The van der Waals surface area contributed by atoms with Gasteiger partial charge in [-0.15, -0.1) is 0 Å². The molecule has 7 rings (SSSR count). The highest BCUT2D eigenvalue weighted by atomic mass is 31.2. The summed E-state index contributed by atoms with van der Waals surface area (Å²) in [5.74, 6) is 1.04. The van der Waals surface area contributed by atoms with Gasteiger partial charge in [0.05, 0.1) is 39.3 Å². The van der Waals surface area contributed by atoms with E-state index in [0.717, 1.165) is 16.7 Å². The van der Waals surface area contributed by atoms with Gasteiger partial charge in [-0.1, -0.05) is 100 Å². The van der Waals surface area contributed by atoms with E-state index in [2.05, 4.69) is 26.3 Å². The maximum atomic E-state index is 18.0. The van der Waals surface area contributed by atoms with Gasteiger partial charge >= 0.3 is 0 Å². The number of halogens is 1. The smallest absolute Gasteiger partial charge is 0.256 e. The number of methoxy groups -OCH3 is 2. The number of anilines is 1. The first kappa shape index (κ1) is 44.1. The maximum Gasteiger partial charge on any atom is 0.256 e. The van der Waals surface area contributed by atoms with Crippen LogP contribution < -0.4 is 14.8 Å². The molecule has 6 aromatic rings. The standard InChI is InChI=1S/C47H51FN7O6P/c1-31(2)62(57,32(3)4)55(27-13-26-49)42-39(61-46(40(42)48)54-30-52-41-43(50-29-51-44(41)54)53-45(56)33-14-9-7-10-15-33)28-60-47(34-16-11-8-12-17-34,35-18-22-37(58-5)23-19-35)36-20-24-38(59-6)25-21-36/h7-12,14-25,29-32,39-40,42,46H,13,27-28H2,1-6H3,(H,50,51,53,56)/t39-,40+,42+,46+/m0/s1. The number of ether oxygens (including phenoxy) is 4. The quantitative estimate of drug-likeness (QED) is 0.0691. The number of alkyl halides is 1. The van der Waals surface area contributed by atoms with Gasteiger partial charge in [0.2, 0.25) is 0 Å². The van der Waals surface area contributed by atoms with Gasteiger partial charge in [-0.25, -0.2) is 24.0 Å². The van der Waals surface area contributed by atoms with Crippen molar-refractivity contribution in [3.05, 3.63) is 144 Å². The van der Waals surface area contributed by atoms with Crippen LogP contribution in [0, 0.1) is 11.3 Å². The minimum Gasteiger partial charge on any atom is -0.497 e. The zero-order chi connectivity index (χ0) is 44.0. The molecular formula is C47H51FN7O6P. The fraction of sp³-hybridized carbons (Fsp3) is 0.340. The molecule has 1 fully saturated rings. The molecule has 1 aliphatic heterocycles. The third kappa shape index (κ3) is 8.33. The first-order valence-electron chi connectivity index (χ1n) is 20.5. The first-order chi connectivity index (χ1) is 30.0. The molecular weight excluding hydrogens is 809 g/mol. The van der Waals surface area contributed by atoms with Gasteiger partial charge in [0, 0.05) is 29.8 Å². The van der Waals surface area contributed by atoms with Crippen LogP contribution in [0.15, 0.2) is 122 Å². The van der Waals surface area contributed by atoms with Crippen LogP contribution in [0.3, 0.4) is 0 Å². The van der Waals surface area contributed by atoms with Crippen LogP contribution in [0.2, 0.25) is 0 Å². The van der Waals surface area contributed by atoms with E-state index in [1.165, 1.54) is 17.2 Å². The van der Waals surface area contributed by atoms with Gasteiger partial charge in [0.15, 0.2) is 36.7 Å². The van der Waals surface area contributed by atoms with Crippen molar-refractivity contribution < 1.29 is 32.7 Å². The van der Waals surface area contributed by atoms with Crippen molar-refractivity contribution in [2.45, 2.75) is 75.6 Å². The van der Waals surface area contributed by atoms with Gasteiger partial charge in [-0.05, 0) is 53.1 Å². The molecule has 1 aliphatic rings. The van der Waals surface area contributed by atoms with Gasteiger partial charge in [-0.3, -0.25) is 9.36 Å². The lowest BCUT2D eigenvalue weighted by molar-refractivity contribution is -0.0858. The normalized spacial score (nSPS) is 18.0. The van der Waals surface area contributed by atoms with E-state index < -0.39 is 43.3 Å². The minimum absolute atomic E-state index is 0.00223. The lowest BCUT2D eigenvalue weighted by Gasteiger charge is -2.43. The monoisotopic (exact) mass is 859 g/mol. The lowest BCUT2D eigenvalue weighted by Crippen LogP contribution is -2.49. The Labute approximate surface area is 361 Å². The van der Waals surface area contributed by atoms with Crippen LogP contribution in [0.25, 0.3) is 11.2 Å². The van der Waals surface area contributed by atoms with E-state index in [1.807, 2.05) is 113 Å². The van der Waals surface area contributed by atoms with E-state index in [-0.39, 0.29) is 47.9 Å².